The van der Waals surface area contributed by atoms with Crippen LogP contribution >= 0.6 is 0 Å². The van der Waals surface area contributed by atoms with Gasteiger partial charge in [0.25, 0.3) is 5.91 Å². The van der Waals surface area contributed by atoms with Gasteiger partial charge in [0.05, 0.1) is 0 Å². The van der Waals surface area contributed by atoms with Crippen LogP contribution in [-0.4, -0.2) is 47.8 Å². The molecule has 2 aliphatic rings. The van der Waals surface area contributed by atoms with Gasteiger partial charge in [0.1, 0.15) is 5.82 Å². The standard InChI is InChI=1S/C24H34FN3O3/c1-16(2)15-22(29)28-13-11-18(12-14-28)24(31)27-21-6-4-3-5-20(21)26-23(30)17-7-9-19(25)10-8-17/h7-10,16,18,20-21H,3-6,11-15H2,1-2H3,(H,26,30)(H,27,31)/t20-,21-/m1/s1. The molecule has 2 fully saturated rings. The van der Waals surface area contributed by atoms with Gasteiger partial charge in [-0.2, -0.15) is 0 Å². The summed E-state index contributed by atoms with van der Waals surface area (Å²) in [5.41, 5.74) is 0.412. The summed E-state index contributed by atoms with van der Waals surface area (Å²) in [6, 6.07) is 5.24. The molecule has 0 unspecified atom stereocenters. The SMILES string of the molecule is CC(C)CC(=O)N1CCC(C(=O)N[C@@H]2CCCC[C@H]2NC(=O)c2ccc(F)cc2)CC1. The molecule has 1 aromatic rings. The van der Waals surface area contributed by atoms with Gasteiger partial charge in [-0.25, -0.2) is 4.39 Å². The van der Waals surface area contributed by atoms with Crippen LogP contribution in [0.2, 0.25) is 0 Å². The second-order valence-corrected chi connectivity index (χ2v) is 9.24. The molecule has 7 heteroatoms. The fourth-order valence-electron chi connectivity index (χ4n) is 4.50. The summed E-state index contributed by atoms with van der Waals surface area (Å²) in [4.78, 5) is 39.6. The molecule has 1 aliphatic carbocycles. The molecule has 3 amide bonds. The van der Waals surface area contributed by atoms with Crippen molar-refractivity contribution in [3.8, 4) is 0 Å². The topological polar surface area (TPSA) is 78.5 Å². The average Bonchev–Trinajstić information content (AvgIpc) is 2.75. The van der Waals surface area contributed by atoms with E-state index in [-0.39, 0.29) is 41.5 Å². The Balaban J connectivity index is 1.51. The Hall–Kier alpha value is -2.44. The third-order valence-corrected chi connectivity index (χ3v) is 6.32. The molecule has 2 N–H and O–H groups in total. The highest BCUT2D eigenvalue weighted by molar-refractivity contribution is 5.94. The molecular weight excluding hydrogens is 397 g/mol. The van der Waals surface area contributed by atoms with Crippen molar-refractivity contribution < 1.29 is 18.8 Å². The molecule has 1 heterocycles. The minimum absolute atomic E-state index is 0.0175. The molecule has 31 heavy (non-hydrogen) atoms. The lowest BCUT2D eigenvalue weighted by Crippen LogP contribution is -2.55. The fourth-order valence-corrected chi connectivity index (χ4v) is 4.50. The Morgan fingerprint density at radius 3 is 2.13 bits per heavy atom. The molecule has 0 bridgehead atoms. The Kier molecular flexibility index (Phi) is 8.04. The summed E-state index contributed by atoms with van der Waals surface area (Å²) in [6.07, 6.45) is 5.54. The fraction of sp³-hybridized carbons (Fsp3) is 0.625. The molecule has 1 saturated carbocycles. The first-order valence-corrected chi connectivity index (χ1v) is 11.5. The largest absolute Gasteiger partial charge is 0.351 e. The molecule has 0 aromatic heterocycles. The van der Waals surface area contributed by atoms with Crippen LogP contribution in [0.15, 0.2) is 24.3 Å². The molecule has 6 nitrogen and oxygen atoms in total. The number of halogens is 1. The zero-order valence-electron chi connectivity index (χ0n) is 18.5. The first kappa shape index (κ1) is 23.2. The average molecular weight is 432 g/mol. The van der Waals surface area contributed by atoms with E-state index in [0.29, 0.717) is 43.8 Å². The summed E-state index contributed by atoms with van der Waals surface area (Å²) in [5.74, 6) is -0.201. The van der Waals surface area contributed by atoms with Crippen molar-refractivity contribution in [1.29, 1.82) is 0 Å². The molecule has 1 aliphatic heterocycles. The maximum absolute atomic E-state index is 13.1. The van der Waals surface area contributed by atoms with Gasteiger partial charge in [0, 0.05) is 43.1 Å². The summed E-state index contributed by atoms with van der Waals surface area (Å²) in [6.45, 7) is 5.32. The van der Waals surface area contributed by atoms with Crippen LogP contribution in [0.5, 0.6) is 0 Å². The summed E-state index contributed by atoms with van der Waals surface area (Å²) in [7, 11) is 0. The molecule has 170 valence electrons. The predicted molar refractivity (Wildman–Crippen MR) is 117 cm³/mol. The number of nitrogens with zero attached hydrogens (tertiary/aromatic N) is 1. The molecule has 2 atom stereocenters. The Morgan fingerprint density at radius 1 is 0.968 bits per heavy atom. The summed E-state index contributed by atoms with van der Waals surface area (Å²) in [5, 5.41) is 6.19. The number of piperidine rings is 1. The zero-order valence-corrected chi connectivity index (χ0v) is 18.5. The van der Waals surface area contributed by atoms with Gasteiger partial charge in [-0.3, -0.25) is 14.4 Å². The predicted octanol–water partition coefficient (Wildman–Crippen LogP) is 3.27. The van der Waals surface area contributed by atoms with Crippen LogP contribution in [0.3, 0.4) is 0 Å². The number of nitrogens with one attached hydrogen (secondary N) is 2. The first-order valence-electron chi connectivity index (χ1n) is 11.5. The van der Waals surface area contributed by atoms with Crippen molar-refractivity contribution in [1.82, 2.24) is 15.5 Å². The van der Waals surface area contributed by atoms with Crippen LogP contribution in [-0.2, 0) is 9.59 Å². The van der Waals surface area contributed by atoms with Crippen LogP contribution in [0.25, 0.3) is 0 Å². The van der Waals surface area contributed by atoms with Gasteiger partial charge in [0.15, 0.2) is 0 Å². The maximum atomic E-state index is 13.1. The van der Waals surface area contributed by atoms with Crippen LogP contribution in [0.4, 0.5) is 4.39 Å². The lowest BCUT2D eigenvalue weighted by atomic mass is 9.88. The van der Waals surface area contributed by atoms with E-state index in [1.165, 1.54) is 24.3 Å². The number of amides is 3. The number of hydrogen-bond acceptors (Lipinski definition) is 3. The summed E-state index contributed by atoms with van der Waals surface area (Å²) >= 11 is 0. The van der Waals surface area contributed by atoms with E-state index >= 15 is 0 Å². The summed E-state index contributed by atoms with van der Waals surface area (Å²) < 4.78 is 13.1. The quantitative estimate of drug-likeness (QED) is 0.726. The van der Waals surface area contributed by atoms with Crippen LogP contribution in [0, 0.1) is 17.7 Å². The number of carbonyl (C=O) groups excluding carboxylic acids is 3. The lowest BCUT2D eigenvalue weighted by Gasteiger charge is -2.36. The van der Waals surface area contributed by atoms with Crippen molar-refractivity contribution >= 4 is 17.7 Å². The Labute approximate surface area is 183 Å². The van der Waals surface area contributed by atoms with E-state index in [0.717, 1.165) is 25.7 Å². The van der Waals surface area contributed by atoms with E-state index in [9.17, 15) is 18.8 Å². The van der Waals surface area contributed by atoms with E-state index in [1.54, 1.807) is 0 Å². The van der Waals surface area contributed by atoms with Crippen molar-refractivity contribution in [3.63, 3.8) is 0 Å². The van der Waals surface area contributed by atoms with E-state index in [4.69, 9.17) is 0 Å². The first-order chi connectivity index (χ1) is 14.8. The maximum Gasteiger partial charge on any atom is 0.251 e. The Morgan fingerprint density at radius 2 is 1.55 bits per heavy atom. The highest BCUT2D eigenvalue weighted by atomic mass is 19.1. The second kappa shape index (κ2) is 10.7. The molecule has 0 radical (unpaired) electrons. The molecular formula is C24H34FN3O3. The number of rotatable bonds is 6. The van der Waals surface area contributed by atoms with Gasteiger partial charge in [-0.1, -0.05) is 26.7 Å². The number of likely N-dealkylation sites (tertiary alicyclic amines) is 1. The van der Waals surface area contributed by atoms with E-state index in [1.807, 2.05) is 18.7 Å². The van der Waals surface area contributed by atoms with Crippen molar-refractivity contribution in [2.75, 3.05) is 13.1 Å². The van der Waals surface area contributed by atoms with E-state index < -0.39 is 0 Å². The van der Waals surface area contributed by atoms with Gasteiger partial charge >= 0.3 is 0 Å². The molecule has 1 aromatic carbocycles. The van der Waals surface area contributed by atoms with E-state index in [2.05, 4.69) is 10.6 Å². The molecule has 1 saturated heterocycles. The van der Waals surface area contributed by atoms with Crippen LogP contribution in [0.1, 0.15) is 69.2 Å². The van der Waals surface area contributed by atoms with Crippen molar-refractivity contribution in [3.05, 3.63) is 35.6 Å². The molecule has 3 rings (SSSR count). The third-order valence-electron chi connectivity index (χ3n) is 6.32. The molecule has 0 spiro atoms. The third kappa shape index (κ3) is 6.52. The monoisotopic (exact) mass is 431 g/mol. The number of benzene rings is 1. The highest BCUT2D eigenvalue weighted by Gasteiger charge is 2.32. The van der Waals surface area contributed by atoms with Gasteiger partial charge in [-0.05, 0) is 55.9 Å². The van der Waals surface area contributed by atoms with Crippen LogP contribution < -0.4 is 10.6 Å². The number of hydrogen-bond donors (Lipinski definition) is 2. The van der Waals surface area contributed by atoms with Gasteiger partial charge in [0.2, 0.25) is 11.8 Å². The van der Waals surface area contributed by atoms with Crippen molar-refractivity contribution in [2.45, 2.75) is 70.9 Å². The minimum Gasteiger partial charge on any atom is -0.351 e. The second-order valence-electron chi connectivity index (χ2n) is 9.24. The van der Waals surface area contributed by atoms with Crippen molar-refractivity contribution in [2.24, 2.45) is 11.8 Å². The lowest BCUT2D eigenvalue weighted by molar-refractivity contribution is -0.136. The smallest absolute Gasteiger partial charge is 0.251 e. The highest BCUT2D eigenvalue weighted by Crippen LogP contribution is 2.23. The minimum atomic E-state index is -0.378. The van der Waals surface area contributed by atoms with Gasteiger partial charge in [-0.15, -0.1) is 0 Å². The number of carbonyl (C=O) groups is 3. The normalized spacial score (nSPS) is 22.3. The van der Waals surface area contributed by atoms with Gasteiger partial charge < -0.3 is 15.5 Å². The Bertz CT molecular complexity index is 773. The zero-order chi connectivity index (χ0) is 22.4.